The lowest BCUT2D eigenvalue weighted by Gasteiger charge is -2.11. The normalized spacial score (nSPS) is 10.1. The molecule has 0 aliphatic heterocycles. The highest BCUT2D eigenvalue weighted by atomic mass is 127. The van der Waals surface area contributed by atoms with E-state index in [1.54, 1.807) is 0 Å². The van der Waals surface area contributed by atoms with E-state index in [-0.39, 0.29) is 0 Å². The topological polar surface area (TPSA) is 9.23 Å². The summed E-state index contributed by atoms with van der Waals surface area (Å²) in [5.74, 6) is 1.61. The van der Waals surface area contributed by atoms with E-state index in [0.29, 0.717) is 12.4 Å². The Kier molecular flexibility index (Phi) is 6.60. The van der Waals surface area contributed by atoms with Gasteiger partial charge < -0.3 is 4.74 Å². The molecule has 0 aromatic heterocycles. The standard InChI is InChI=1S/C10H9I3OS/c1-6(5-15)4-14-10-8(12)2-7(11)3-9(10)13/h2-3,15H,1,4-5H2. The van der Waals surface area contributed by atoms with Crippen molar-refractivity contribution in [3.05, 3.63) is 35.0 Å². The van der Waals surface area contributed by atoms with E-state index in [1.807, 2.05) is 0 Å². The van der Waals surface area contributed by atoms with Gasteiger partial charge in [0.2, 0.25) is 0 Å². The second-order valence-corrected chi connectivity index (χ2v) is 6.78. The molecule has 0 amide bonds. The Morgan fingerprint density at radius 2 is 1.80 bits per heavy atom. The molecule has 0 unspecified atom stereocenters. The third kappa shape index (κ3) is 4.58. The Morgan fingerprint density at radius 1 is 1.27 bits per heavy atom. The van der Waals surface area contributed by atoms with Crippen molar-refractivity contribution >= 4 is 80.4 Å². The maximum Gasteiger partial charge on any atom is 0.146 e. The Labute approximate surface area is 136 Å². The Hall–Kier alpha value is 1.30. The molecule has 0 bridgehead atoms. The van der Waals surface area contributed by atoms with Gasteiger partial charge in [-0.15, -0.1) is 0 Å². The molecule has 82 valence electrons. The number of hydrogen-bond acceptors (Lipinski definition) is 2. The van der Waals surface area contributed by atoms with Gasteiger partial charge in [0.05, 0.1) is 7.14 Å². The first-order valence-electron chi connectivity index (χ1n) is 4.09. The predicted octanol–water partition coefficient (Wildman–Crippen LogP) is 4.37. The van der Waals surface area contributed by atoms with Gasteiger partial charge in [-0.2, -0.15) is 12.6 Å². The van der Waals surface area contributed by atoms with E-state index < -0.39 is 0 Å². The van der Waals surface area contributed by atoms with Crippen LogP contribution in [0.25, 0.3) is 0 Å². The van der Waals surface area contributed by atoms with Crippen molar-refractivity contribution in [3.63, 3.8) is 0 Å². The van der Waals surface area contributed by atoms with Crippen LogP contribution >= 0.6 is 80.4 Å². The number of hydrogen-bond donors (Lipinski definition) is 1. The van der Waals surface area contributed by atoms with Crippen molar-refractivity contribution in [3.8, 4) is 5.75 Å². The average molecular weight is 558 g/mol. The van der Waals surface area contributed by atoms with Gasteiger partial charge in [0, 0.05) is 9.32 Å². The van der Waals surface area contributed by atoms with Crippen LogP contribution in [0.15, 0.2) is 24.3 Å². The summed E-state index contributed by atoms with van der Waals surface area (Å²) in [6.45, 7) is 4.40. The SMILES string of the molecule is C=C(CS)COc1c(I)cc(I)cc1I. The van der Waals surface area contributed by atoms with Crippen LogP contribution in [0.4, 0.5) is 0 Å². The van der Waals surface area contributed by atoms with Gasteiger partial charge in [0.1, 0.15) is 12.4 Å². The van der Waals surface area contributed by atoms with Crippen LogP contribution in [0, 0.1) is 10.7 Å². The first-order valence-corrected chi connectivity index (χ1v) is 7.96. The second kappa shape index (κ2) is 6.90. The van der Waals surface area contributed by atoms with Gasteiger partial charge >= 0.3 is 0 Å². The zero-order valence-corrected chi connectivity index (χ0v) is 15.1. The van der Waals surface area contributed by atoms with Crippen LogP contribution in [0.2, 0.25) is 0 Å². The summed E-state index contributed by atoms with van der Waals surface area (Å²) in [5, 5.41) is 0. The van der Waals surface area contributed by atoms with Gasteiger partial charge in [-0.25, -0.2) is 0 Å². The molecule has 0 saturated heterocycles. The summed E-state index contributed by atoms with van der Waals surface area (Å²) in [7, 11) is 0. The first kappa shape index (κ1) is 14.4. The molecule has 0 atom stereocenters. The van der Waals surface area contributed by atoms with Gasteiger partial charge in [-0.1, -0.05) is 6.58 Å². The zero-order chi connectivity index (χ0) is 11.4. The molecular formula is C10H9I3OS. The number of benzene rings is 1. The van der Waals surface area contributed by atoms with Crippen molar-refractivity contribution < 1.29 is 4.74 Å². The molecule has 1 rings (SSSR count). The van der Waals surface area contributed by atoms with Crippen LogP contribution in [0.5, 0.6) is 5.75 Å². The summed E-state index contributed by atoms with van der Waals surface area (Å²) in [6.07, 6.45) is 0. The fourth-order valence-corrected chi connectivity index (χ4v) is 4.87. The minimum Gasteiger partial charge on any atom is -0.487 e. The third-order valence-corrected chi connectivity index (χ3v) is 4.28. The zero-order valence-electron chi connectivity index (χ0n) is 7.77. The van der Waals surface area contributed by atoms with Crippen LogP contribution in [-0.2, 0) is 0 Å². The Balaban J connectivity index is 2.81. The summed E-state index contributed by atoms with van der Waals surface area (Å²) >= 11 is 11.0. The number of thiol groups is 1. The lowest BCUT2D eigenvalue weighted by molar-refractivity contribution is 0.348. The molecule has 1 aromatic carbocycles. The molecular weight excluding hydrogens is 549 g/mol. The van der Waals surface area contributed by atoms with E-state index in [4.69, 9.17) is 4.74 Å². The minimum atomic E-state index is 0.538. The maximum atomic E-state index is 5.71. The van der Waals surface area contributed by atoms with Gasteiger partial charge in [-0.05, 0) is 85.5 Å². The quantitative estimate of drug-likeness (QED) is 0.329. The fraction of sp³-hybridized carbons (Fsp3) is 0.200. The average Bonchev–Trinajstić information content (AvgIpc) is 2.15. The lowest BCUT2D eigenvalue weighted by atomic mass is 10.3. The summed E-state index contributed by atoms with van der Waals surface area (Å²) < 4.78 is 9.20. The number of rotatable bonds is 4. The van der Waals surface area contributed by atoms with Crippen LogP contribution in [-0.4, -0.2) is 12.4 Å². The van der Waals surface area contributed by atoms with Crippen LogP contribution in [0.1, 0.15) is 0 Å². The summed E-state index contributed by atoms with van der Waals surface area (Å²) in [6, 6.07) is 4.20. The molecule has 0 spiro atoms. The van der Waals surface area contributed by atoms with Gasteiger partial charge in [0.15, 0.2) is 0 Å². The molecule has 0 fully saturated rings. The number of ether oxygens (including phenoxy) is 1. The third-order valence-electron chi connectivity index (χ3n) is 1.61. The van der Waals surface area contributed by atoms with Crippen molar-refractivity contribution in [1.82, 2.24) is 0 Å². The van der Waals surface area contributed by atoms with Crippen molar-refractivity contribution in [2.75, 3.05) is 12.4 Å². The minimum absolute atomic E-state index is 0.538. The molecule has 0 saturated carbocycles. The summed E-state index contributed by atoms with van der Waals surface area (Å²) in [4.78, 5) is 0. The monoisotopic (exact) mass is 558 g/mol. The smallest absolute Gasteiger partial charge is 0.146 e. The van der Waals surface area contributed by atoms with E-state index in [2.05, 4.69) is 99.1 Å². The van der Waals surface area contributed by atoms with Crippen molar-refractivity contribution in [2.45, 2.75) is 0 Å². The van der Waals surface area contributed by atoms with E-state index >= 15 is 0 Å². The highest BCUT2D eigenvalue weighted by Crippen LogP contribution is 2.29. The Bertz CT molecular complexity index is 356. The first-order chi connectivity index (χ1) is 7.04. The van der Waals surface area contributed by atoms with Crippen molar-refractivity contribution in [2.24, 2.45) is 0 Å². The molecule has 1 aromatic rings. The molecule has 0 aliphatic carbocycles. The van der Waals surface area contributed by atoms with E-state index in [9.17, 15) is 0 Å². The lowest BCUT2D eigenvalue weighted by Crippen LogP contribution is -2.04. The largest absolute Gasteiger partial charge is 0.487 e. The molecule has 0 radical (unpaired) electrons. The molecule has 5 heteroatoms. The van der Waals surface area contributed by atoms with Crippen LogP contribution < -0.4 is 4.74 Å². The highest BCUT2D eigenvalue weighted by molar-refractivity contribution is 14.1. The fourth-order valence-electron chi connectivity index (χ4n) is 0.887. The van der Waals surface area contributed by atoms with Crippen LogP contribution in [0.3, 0.4) is 0 Å². The van der Waals surface area contributed by atoms with Crippen molar-refractivity contribution in [1.29, 1.82) is 0 Å². The summed E-state index contributed by atoms with van der Waals surface area (Å²) in [5.41, 5.74) is 0.989. The predicted molar refractivity (Wildman–Crippen MR) is 93.1 cm³/mol. The van der Waals surface area contributed by atoms with E-state index in [0.717, 1.165) is 18.5 Å². The second-order valence-electron chi connectivity index (χ2n) is 2.90. The Morgan fingerprint density at radius 3 is 2.27 bits per heavy atom. The highest BCUT2D eigenvalue weighted by Gasteiger charge is 2.08. The molecule has 0 N–H and O–H groups in total. The van der Waals surface area contributed by atoms with E-state index in [1.165, 1.54) is 3.57 Å². The number of halogens is 3. The molecule has 0 heterocycles. The molecule has 1 nitrogen and oxygen atoms in total. The van der Waals surface area contributed by atoms with Gasteiger partial charge in [0.25, 0.3) is 0 Å². The van der Waals surface area contributed by atoms with Gasteiger partial charge in [-0.3, -0.25) is 0 Å². The molecule has 15 heavy (non-hydrogen) atoms. The molecule has 0 aliphatic rings. The maximum absolute atomic E-state index is 5.71.